The van der Waals surface area contributed by atoms with E-state index in [1.807, 2.05) is 6.92 Å². The normalized spacial score (nSPS) is 16.7. The van der Waals surface area contributed by atoms with E-state index in [9.17, 15) is 13.6 Å². The lowest BCUT2D eigenvalue weighted by Gasteiger charge is -2.35. The van der Waals surface area contributed by atoms with Gasteiger partial charge in [0.2, 0.25) is 0 Å². The summed E-state index contributed by atoms with van der Waals surface area (Å²) < 4.78 is 27.8. The summed E-state index contributed by atoms with van der Waals surface area (Å²) in [7, 11) is 0. The minimum Gasteiger partial charge on any atom is -0.478 e. The maximum absolute atomic E-state index is 13.9. The lowest BCUT2D eigenvalue weighted by atomic mass is 10.1. The van der Waals surface area contributed by atoms with E-state index in [0.29, 0.717) is 13.1 Å². The second kappa shape index (κ2) is 5.52. The second-order valence-electron chi connectivity index (χ2n) is 4.51. The van der Waals surface area contributed by atoms with E-state index in [0.717, 1.165) is 31.8 Å². The first-order valence-corrected chi connectivity index (χ1v) is 6.22. The molecule has 0 saturated carbocycles. The fraction of sp³-hybridized carbons (Fsp3) is 0.462. The molecule has 0 spiro atoms. The minimum absolute atomic E-state index is 0.124. The molecule has 0 radical (unpaired) electrons. The van der Waals surface area contributed by atoms with Crippen LogP contribution in [0.5, 0.6) is 0 Å². The van der Waals surface area contributed by atoms with Gasteiger partial charge in [0.05, 0.1) is 5.56 Å². The number of halogens is 2. The molecule has 0 amide bonds. The Hall–Kier alpha value is -1.69. The van der Waals surface area contributed by atoms with Crippen molar-refractivity contribution in [1.29, 1.82) is 0 Å². The topological polar surface area (TPSA) is 43.8 Å². The third-order valence-electron chi connectivity index (χ3n) is 3.40. The van der Waals surface area contributed by atoms with Crippen LogP contribution in [0.1, 0.15) is 17.3 Å². The molecule has 0 unspecified atom stereocenters. The van der Waals surface area contributed by atoms with Gasteiger partial charge < -0.3 is 14.9 Å². The van der Waals surface area contributed by atoms with E-state index in [1.54, 1.807) is 4.90 Å². The number of rotatable bonds is 3. The van der Waals surface area contributed by atoms with Crippen LogP contribution < -0.4 is 4.90 Å². The first kappa shape index (κ1) is 13.7. The van der Waals surface area contributed by atoms with Crippen molar-refractivity contribution in [2.75, 3.05) is 37.6 Å². The second-order valence-corrected chi connectivity index (χ2v) is 4.51. The van der Waals surface area contributed by atoms with E-state index in [2.05, 4.69) is 4.90 Å². The van der Waals surface area contributed by atoms with Crippen LogP contribution in [0, 0.1) is 11.6 Å². The fourth-order valence-electron chi connectivity index (χ4n) is 2.28. The van der Waals surface area contributed by atoms with Crippen molar-refractivity contribution in [2.45, 2.75) is 6.92 Å². The predicted molar refractivity (Wildman–Crippen MR) is 67.6 cm³/mol. The largest absolute Gasteiger partial charge is 0.478 e. The highest BCUT2D eigenvalue weighted by Crippen LogP contribution is 2.26. The molecule has 1 heterocycles. The first-order chi connectivity index (χ1) is 9.02. The molecule has 1 aromatic carbocycles. The summed E-state index contributed by atoms with van der Waals surface area (Å²) in [5.74, 6) is -2.97. The molecule has 1 aliphatic rings. The maximum Gasteiger partial charge on any atom is 0.335 e. The molecule has 1 saturated heterocycles. The van der Waals surface area contributed by atoms with Crippen LogP contribution in [0.15, 0.2) is 12.1 Å². The van der Waals surface area contributed by atoms with Gasteiger partial charge in [-0.15, -0.1) is 0 Å². The van der Waals surface area contributed by atoms with Crippen LogP contribution in [0.4, 0.5) is 14.5 Å². The molecular formula is C13H16F2N2O2. The van der Waals surface area contributed by atoms with Gasteiger partial charge in [-0.25, -0.2) is 13.6 Å². The zero-order valence-corrected chi connectivity index (χ0v) is 10.7. The Morgan fingerprint density at radius 2 is 1.74 bits per heavy atom. The van der Waals surface area contributed by atoms with Crippen LogP contribution >= 0.6 is 0 Å². The number of hydrogen-bond acceptors (Lipinski definition) is 3. The molecule has 1 aromatic rings. The predicted octanol–water partition coefficient (Wildman–Crippen LogP) is 1.80. The Morgan fingerprint density at radius 3 is 2.16 bits per heavy atom. The summed E-state index contributed by atoms with van der Waals surface area (Å²) in [5, 5.41) is 8.75. The maximum atomic E-state index is 13.9. The first-order valence-electron chi connectivity index (χ1n) is 6.22. The van der Waals surface area contributed by atoms with Gasteiger partial charge in [-0.1, -0.05) is 6.92 Å². The van der Waals surface area contributed by atoms with Gasteiger partial charge in [0.25, 0.3) is 0 Å². The summed E-state index contributed by atoms with van der Waals surface area (Å²) in [4.78, 5) is 14.5. The van der Waals surface area contributed by atoms with Gasteiger partial charge >= 0.3 is 5.97 Å². The van der Waals surface area contributed by atoms with Gasteiger partial charge in [0, 0.05) is 26.2 Å². The molecule has 4 nitrogen and oxygen atoms in total. The van der Waals surface area contributed by atoms with E-state index >= 15 is 0 Å². The highest BCUT2D eigenvalue weighted by atomic mass is 19.1. The van der Waals surface area contributed by atoms with Crippen molar-refractivity contribution in [3.05, 3.63) is 29.3 Å². The van der Waals surface area contributed by atoms with Gasteiger partial charge in [0.15, 0.2) is 0 Å². The Labute approximate surface area is 110 Å². The van der Waals surface area contributed by atoms with E-state index < -0.39 is 17.6 Å². The number of piperazine rings is 1. The average Bonchev–Trinajstić information content (AvgIpc) is 2.38. The van der Waals surface area contributed by atoms with Crippen molar-refractivity contribution in [1.82, 2.24) is 4.90 Å². The summed E-state index contributed by atoms with van der Waals surface area (Å²) in [5.41, 5.74) is -0.494. The highest BCUT2D eigenvalue weighted by molar-refractivity contribution is 5.88. The molecular weight excluding hydrogens is 254 g/mol. The number of aromatic carboxylic acids is 1. The molecule has 1 aliphatic heterocycles. The fourth-order valence-corrected chi connectivity index (χ4v) is 2.28. The van der Waals surface area contributed by atoms with E-state index in [1.165, 1.54) is 0 Å². The van der Waals surface area contributed by atoms with Crippen molar-refractivity contribution in [2.24, 2.45) is 0 Å². The number of carboxylic acids is 1. The highest BCUT2D eigenvalue weighted by Gasteiger charge is 2.23. The van der Waals surface area contributed by atoms with Crippen LogP contribution in [0.3, 0.4) is 0 Å². The SMILES string of the molecule is CCN1CCN(c2c(F)cc(C(=O)O)cc2F)CC1. The number of likely N-dealkylation sites (N-methyl/N-ethyl adjacent to an activating group) is 1. The lowest BCUT2D eigenvalue weighted by Crippen LogP contribution is -2.46. The number of carboxylic acid groups (broad SMARTS) is 1. The molecule has 0 aliphatic carbocycles. The molecule has 1 N–H and O–H groups in total. The van der Waals surface area contributed by atoms with Gasteiger partial charge in [0.1, 0.15) is 17.3 Å². The van der Waals surface area contributed by atoms with Gasteiger partial charge in [-0.05, 0) is 18.7 Å². The third-order valence-corrected chi connectivity index (χ3v) is 3.40. The standard InChI is InChI=1S/C13H16F2N2O2/c1-2-16-3-5-17(6-4-16)12-10(14)7-9(13(18)19)8-11(12)15/h7-8H,2-6H2,1H3,(H,18,19). The zero-order valence-electron chi connectivity index (χ0n) is 10.7. The van der Waals surface area contributed by atoms with E-state index in [4.69, 9.17) is 5.11 Å². The van der Waals surface area contributed by atoms with Crippen molar-refractivity contribution in [3.63, 3.8) is 0 Å². The Kier molecular flexibility index (Phi) is 3.99. The molecule has 1 fully saturated rings. The van der Waals surface area contributed by atoms with Crippen LogP contribution in [-0.4, -0.2) is 48.7 Å². The molecule has 0 aromatic heterocycles. The quantitative estimate of drug-likeness (QED) is 0.909. The molecule has 0 atom stereocenters. The summed E-state index contributed by atoms with van der Waals surface area (Å²) in [6, 6.07) is 1.74. The van der Waals surface area contributed by atoms with Crippen molar-refractivity contribution >= 4 is 11.7 Å². The monoisotopic (exact) mass is 270 g/mol. The lowest BCUT2D eigenvalue weighted by molar-refractivity contribution is 0.0695. The average molecular weight is 270 g/mol. The summed E-state index contributed by atoms with van der Waals surface area (Å²) in [6.45, 7) is 5.52. The van der Waals surface area contributed by atoms with E-state index in [-0.39, 0.29) is 11.3 Å². The van der Waals surface area contributed by atoms with Crippen LogP contribution in [0.25, 0.3) is 0 Å². The van der Waals surface area contributed by atoms with Crippen molar-refractivity contribution < 1.29 is 18.7 Å². The van der Waals surface area contributed by atoms with Gasteiger partial charge in [-0.3, -0.25) is 0 Å². The number of anilines is 1. The number of hydrogen-bond donors (Lipinski definition) is 1. The molecule has 2 rings (SSSR count). The number of nitrogens with zero attached hydrogens (tertiary/aromatic N) is 2. The Balaban J connectivity index is 2.24. The third kappa shape index (κ3) is 2.84. The number of carbonyl (C=O) groups is 1. The van der Waals surface area contributed by atoms with Crippen LogP contribution in [0.2, 0.25) is 0 Å². The van der Waals surface area contributed by atoms with Crippen LogP contribution in [-0.2, 0) is 0 Å². The van der Waals surface area contributed by atoms with Crippen molar-refractivity contribution in [3.8, 4) is 0 Å². The summed E-state index contributed by atoms with van der Waals surface area (Å²) in [6.07, 6.45) is 0. The molecule has 104 valence electrons. The van der Waals surface area contributed by atoms with Gasteiger partial charge in [-0.2, -0.15) is 0 Å². The zero-order chi connectivity index (χ0) is 14.0. The Morgan fingerprint density at radius 1 is 1.21 bits per heavy atom. The molecule has 6 heteroatoms. The smallest absolute Gasteiger partial charge is 0.335 e. The Bertz CT molecular complexity index is 463. The minimum atomic E-state index is -1.33. The molecule has 19 heavy (non-hydrogen) atoms. The summed E-state index contributed by atoms with van der Waals surface area (Å²) >= 11 is 0. The molecule has 0 bridgehead atoms. The number of benzene rings is 1.